The number of amides is 1. The third-order valence-electron chi connectivity index (χ3n) is 6.17. The van der Waals surface area contributed by atoms with Crippen molar-refractivity contribution in [2.24, 2.45) is 0 Å². The average Bonchev–Trinajstić information content (AvgIpc) is 3.37. The van der Waals surface area contributed by atoms with Crippen molar-refractivity contribution in [2.45, 2.75) is 0 Å². The fourth-order valence-electron chi connectivity index (χ4n) is 4.17. The van der Waals surface area contributed by atoms with E-state index in [9.17, 15) is 19.6 Å². The summed E-state index contributed by atoms with van der Waals surface area (Å²) >= 11 is 0. The highest BCUT2D eigenvalue weighted by Crippen LogP contribution is 2.42. The lowest BCUT2D eigenvalue weighted by Gasteiger charge is -2.06. The van der Waals surface area contributed by atoms with Crippen LogP contribution in [0.5, 0.6) is 11.5 Å². The zero-order valence-corrected chi connectivity index (χ0v) is 21.9. The molecule has 0 radical (unpaired) electrons. The molecule has 0 aliphatic carbocycles. The van der Waals surface area contributed by atoms with E-state index in [-0.39, 0.29) is 22.8 Å². The summed E-state index contributed by atoms with van der Waals surface area (Å²) in [6.45, 7) is -0.726. The maximum Gasteiger partial charge on any atom is 0.374 e. The van der Waals surface area contributed by atoms with E-state index in [1.165, 1.54) is 0 Å². The summed E-state index contributed by atoms with van der Waals surface area (Å²) in [5, 5.41) is 12.9. The molecule has 0 saturated carbocycles. The first-order valence-electron chi connectivity index (χ1n) is 12.3. The van der Waals surface area contributed by atoms with Crippen molar-refractivity contribution >= 4 is 28.7 Å². The number of carbonyl (C=O) groups is 2. The molecule has 3 aromatic carbocycles. The van der Waals surface area contributed by atoms with Gasteiger partial charge in [0.25, 0.3) is 5.91 Å². The van der Waals surface area contributed by atoms with Crippen LogP contribution in [0.1, 0.15) is 16.1 Å². The number of benzene rings is 3. The van der Waals surface area contributed by atoms with Crippen LogP contribution in [0.4, 0.5) is 5.88 Å². The van der Waals surface area contributed by atoms with Crippen LogP contribution in [0, 0.1) is 11.3 Å². The number of furan rings is 1. The number of fused-ring (bicyclic) bond motifs is 1. The smallest absolute Gasteiger partial charge is 0.374 e. The topological polar surface area (TPSA) is 141 Å². The first-order valence-corrected chi connectivity index (χ1v) is 12.3. The van der Waals surface area contributed by atoms with Gasteiger partial charge in [0.15, 0.2) is 12.0 Å². The molecule has 2 aromatic heterocycles. The van der Waals surface area contributed by atoms with Gasteiger partial charge >= 0.3 is 5.97 Å². The van der Waals surface area contributed by atoms with Crippen LogP contribution in [-0.2, 0) is 9.53 Å². The van der Waals surface area contributed by atoms with Crippen LogP contribution in [0.3, 0.4) is 0 Å². The number of nitriles is 1. The molecular formula is C31H22N2O8. The number of para-hydroxylation sites is 1. The van der Waals surface area contributed by atoms with Gasteiger partial charge in [-0.2, -0.15) is 5.26 Å². The number of nitrogens with one attached hydrogen (secondary N) is 1. The van der Waals surface area contributed by atoms with Gasteiger partial charge in [-0.05, 0) is 54.1 Å². The quantitative estimate of drug-likeness (QED) is 0.251. The number of ether oxygens (including phenoxy) is 3. The van der Waals surface area contributed by atoms with Crippen LogP contribution in [-0.4, -0.2) is 32.7 Å². The van der Waals surface area contributed by atoms with Crippen LogP contribution >= 0.6 is 0 Å². The summed E-state index contributed by atoms with van der Waals surface area (Å²) in [7, 11) is 3.09. The van der Waals surface area contributed by atoms with Gasteiger partial charge in [0.1, 0.15) is 34.5 Å². The molecule has 0 spiro atoms. The third-order valence-corrected chi connectivity index (χ3v) is 6.17. The van der Waals surface area contributed by atoms with Crippen molar-refractivity contribution < 1.29 is 32.6 Å². The molecule has 204 valence electrons. The molecule has 0 saturated heterocycles. The Kier molecular flexibility index (Phi) is 7.52. The third kappa shape index (κ3) is 5.51. The number of carbonyl (C=O) groups excluding carboxylic acids is 2. The van der Waals surface area contributed by atoms with E-state index in [4.69, 9.17) is 23.0 Å². The monoisotopic (exact) mass is 550 g/mol. The van der Waals surface area contributed by atoms with Crippen LogP contribution < -0.4 is 20.2 Å². The Morgan fingerprint density at radius 3 is 2.15 bits per heavy atom. The summed E-state index contributed by atoms with van der Waals surface area (Å²) in [6.07, 6.45) is 0. The minimum Gasteiger partial charge on any atom is -0.497 e. The highest BCUT2D eigenvalue weighted by atomic mass is 16.5. The van der Waals surface area contributed by atoms with Gasteiger partial charge in [0.2, 0.25) is 11.6 Å². The first kappa shape index (κ1) is 26.8. The number of methoxy groups -OCH3 is 2. The molecular weight excluding hydrogens is 528 g/mol. The Hall–Kier alpha value is -5.82. The van der Waals surface area contributed by atoms with Crippen molar-refractivity contribution in [3.05, 3.63) is 100 Å². The van der Waals surface area contributed by atoms with E-state index in [1.54, 1.807) is 87.0 Å². The Balaban J connectivity index is 1.41. The van der Waals surface area contributed by atoms with Gasteiger partial charge in [-0.25, -0.2) is 4.79 Å². The predicted molar refractivity (Wildman–Crippen MR) is 149 cm³/mol. The number of rotatable bonds is 8. The summed E-state index contributed by atoms with van der Waals surface area (Å²) in [4.78, 5) is 37.6. The molecule has 10 heteroatoms. The lowest BCUT2D eigenvalue weighted by molar-refractivity contribution is -0.119. The van der Waals surface area contributed by atoms with E-state index in [1.807, 2.05) is 0 Å². The molecule has 0 aliphatic heterocycles. The SMILES string of the molecule is COc1ccc(-c2oc(NC(=O)COC(=O)c3cc(=O)c4ccccc4o3)c(C#N)c2-c2ccc(OC)cc2)cc1. The van der Waals surface area contributed by atoms with E-state index in [0.717, 1.165) is 6.07 Å². The Morgan fingerprint density at radius 1 is 0.878 bits per heavy atom. The van der Waals surface area contributed by atoms with E-state index >= 15 is 0 Å². The second kappa shape index (κ2) is 11.5. The zero-order chi connectivity index (χ0) is 28.9. The van der Waals surface area contributed by atoms with Crippen molar-refractivity contribution in [3.8, 4) is 40.0 Å². The first-order chi connectivity index (χ1) is 19.9. The zero-order valence-electron chi connectivity index (χ0n) is 21.9. The Morgan fingerprint density at radius 2 is 1.51 bits per heavy atom. The van der Waals surface area contributed by atoms with Gasteiger partial charge in [-0.3, -0.25) is 14.9 Å². The number of nitrogens with zero attached hydrogens (tertiary/aromatic N) is 1. The lowest BCUT2D eigenvalue weighted by Crippen LogP contribution is -2.21. The lowest BCUT2D eigenvalue weighted by atomic mass is 9.98. The summed E-state index contributed by atoms with van der Waals surface area (Å²) in [5.74, 6) is -0.651. The molecule has 0 bridgehead atoms. The number of anilines is 1. The highest BCUT2D eigenvalue weighted by Gasteiger charge is 2.25. The van der Waals surface area contributed by atoms with E-state index in [0.29, 0.717) is 39.3 Å². The summed E-state index contributed by atoms with van der Waals surface area (Å²) in [5.41, 5.74) is 1.59. The number of hydrogen-bond acceptors (Lipinski definition) is 9. The largest absolute Gasteiger partial charge is 0.497 e. The van der Waals surface area contributed by atoms with Gasteiger partial charge in [0.05, 0.1) is 19.6 Å². The number of hydrogen-bond donors (Lipinski definition) is 1. The Bertz CT molecular complexity index is 1850. The molecule has 0 fully saturated rings. The number of esters is 1. The molecule has 0 aliphatic rings. The molecule has 5 aromatic rings. The second-order valence-corrected chi connectivity index (χ2v) is 8.67. The fraction of sp³-hybridized carbons (Fsp3) is 0.0968. The molecule has 2 heterocycles. The fourth-order valence-corrected chi connectivity index (χ4v) is 4.17. The molecule has 10 nitrogen and oxygen atoms in total. The highest BCUT2D eigenvalue weighted by molar-refractivity contribution is 5.98. The average molecular weight is 551 g/mol. The predicted octanol–water partition coefficient (Wildman–Crippen LogP) is 5.40. The van der Waals surface area contributed by atoms with Crippen LogP contribution in [0.2, 0.25) is 0 Å². The minimum absolute atomic E-state index is 0.0705. The standard InChI is InChI=1S/C31H22N2O8/c1-37-20-11-7-18(8-12-20)28-23(16-32)30(41-29(28)19-9-13-21(38-2)14-10-19)33-27(35)17-39-31(36)26-15-24(34)22-5-3-4-6-25(22)40-26/h3-15H,17H2,1-2H3,(H,33,35). The molecule has 0 atom stereocenters. The van der Waals surface area contributed by atoms with Gasteiger partial charge in [-0.1, -0.05) is 24.3 Å². The van der Waals surface area contributed by atoms with E-state index in [2.05, 4.69) is 11.4 Å². The normalized spacial score (nSPS) is 10.6. The molecule has 41 heavy (non-hydrogen) atoms. The van der Waals surface area contributed by atoms with Gasteiger partial charge in [-0.15, -0.1) is 0 Å². The summed E-state index contributed by atoms with van der Waals surface area (Å²) in [6, 6.07) is 23.6. The molecule has 1 amide bonds. The minimum atomic E-state index is -0.999. The van der Waals surface area contributed by atoms with Crippen molar-refractivity contribution in [2.75, 3.05) is 26.1 Å². The van der Waals surface area contributed by atoms with Crippen molar-refractivity contribution in [1.82, 2.24) is 0 Å². The Labute approximate surface area is 233 Å². The van der Waals surface area contributed by atoms with Gasteiger partial charge in [0, 0.05) is 17.2 Å². The molecule has 0 unspecified atom stereocenters. The molecule has 1 N–H and O–H groups in total. The molecule has 5 rings (SSSR count). The van der Waals surface area contributed by atoms with Crippen molar-refractivity contribution in [3.63, 3.8) is 0 Å². The van der Waals surface area contributed by atoms with Crippen molar-refractivity contribution in [1.29, 1.82) is 5.26 Å². The van der Waals surface area contributed by atoms with Crippen LogP contribution in [0.25, 0.3) is 33.4 Å². The van der Waals surface area contributed by atoms with E-state index < -0.39 is 23.9 Å². The maximum absolute atomic E-state index is 12.8. The maximum atomic E-state index is 12.8. The van der Waals surface area contributed by atoms with Gasteiger partial charge < -0.3 is 23.0 Å². The summed E-state index contributed by atoms with van der Waals surface area (Å²) < 4.78 is 27.0. The van der Waals surface area contributed by atoms with Crippen LogP contribution in [0.15, 0.2) is 92.5 Å². The second-order valence-electron chi connectivity index (χ2n) is 8.67.